The van der Waals surface area contributed by atoms with Crippen LogP contribution >= 0.6 is 23.2 Å². The minimum absolute atomic E-state index is 0.0424. The van der Waals surface area contributed by atoms with Gasteiger partial charge in [-0.2, -0.15) is 4.31 Å². The summed E-state index contributed by atoms with van der Waals surface area (Å²) in [7, 11) is -4.21. The number of anilines is 1. The van der Waals surface area contributed by atoms with Crippen LogP contribution in [-0.2, 0) is 21.4 Å². The molecule has 4 rings (SSSR count). The first-order valence-corrected chi connectivity index (χ1v) is 13.6. The van der Waals surface area contributed by atoms with Gasteiger partial charge in [0.25, 0.3) is 0 Å². The number of hydrogen-bond acceptors (Lipinski definition) is 4. The lowest BCUT2D eigenvalue weighted by molar-refractivity contribution is -0.116. The molecule has 0 atom stereocenters. The summed E-state index contributed by atoms with van der Waals surface area (Å²) >= 11 is 12.3. The van der Waals surface area contributed by atoms with Gasteiger partial charge in [0.15, 0.2) is 5.75 Å². The lowest BCUT2D eigenvalue weighted by Gasteiger charge is -2.23. The van der Waals surface area contributed by atoms with Gasteiger partial charge >= 0.3 is 0 Å². The van der Waals surface area contributed by atoms with Crippen LogP contribution in [0.15, 0.2) is 95.9 Å². The van der Waals surface area contributed by atoms with Crippen LogP contribution in [0.5, 0.6) is 11.5 Å². The van der Waals surface area contributed by atoms with Gasteiger partial charge in [0, 0.05) is 22.2 Å². The Labute approximate surface area is 230 Å². The number of halogens is 3. The molecule has 0 aromatic heterocycles. The third-order valence-corrected chi connectivity index (χ3v) is 7.96. The average molecular weight is 573 g/mol. The Kier molecular flexibility index (Phi) is 8.69. The molecule has 6 nitrogen and oxygen atoms in total. The van der Waals surface area contributed by atoms with Gasteiger partial charge in [-0.15, -0.1) is 0 Å². The van der Waals surface area contributed by atoms with E-state index in [1.165, 1.54) is 36.4 Å². The van der Waals surface area contributed by atoms with E-state index in [1.54, 1.807) is 48.5 Å². The molecule has 4 aromatic rings. The third kappa shape index (κ3) is 6.71. The molecule has 0 saturated heterocycles. The SMILES string of the molecule is Cc1ccc(S(=O)(=O)N(CC(=O)Nc2cc(Cl)ccc2Oc2ccccc2)Cc2c(F)cccc2Cl)cc1. The minimum Gasteiger partial charge on any atom is -0.455 e. The predicted molar refractivity (Wildman–Crippen MR) is 147 cm³/mol. The van der Waals surface area contributed by atoms with E-state index in [9.17, 15) is 17.6 Å². The summed E-state index contributed by atoms with van der Waals surface area (Å²) < 4.78 is 48.5. The zero-order chi connectivity index (χ0) is 27.3. The smallest absolute Gasteiger partial charge is 0.243 e. The van der Waals surface area contributed by atoms with E-state index in [0.717, 1.165) is 9.87 Å². The van der Waals surface area contributed by atoms with Crippen LogP contribution in [0, 0.1) is 12.7 Å². The summed E-state index contributed by atoms with van der Waals surface area (Å²) in [6.45, 7) is 0.733. The highest BCUT2D eigenvalue weighted by atomic mass is 35.5. The number of para-hydroxylation sites is 1. The number of nitrogens with zero attached hydrogens (tertiary/aromatic N) is 1. The van der Waals surface area contributed by atoms with Crippen LogP contribution in [-0.4, -0.2) is 25.2 Å². The fourth-order valence-corrected chi connectivity index (χ4v) is 5.36. The van der Waals surface area contributed by atoms with E-state index >= 15 is 0 Å². The molecule has 0 aliphatic rings. The Hall–Kier alpha value is -3.43. The Morgan fingerprint density at radius 1 is 0.947 bits per heavy atom. The quantitative estimate of drug-likeness (QED) is 0.233. The zero-order valence-corrected chi connectivity index (χ0v) is 22.5. The van der Waals surface area contributed by atoms with E-state index in [4.69, 9.17) is 27.9 Å². The Morgan fingerprint density at radius 3 is 2.34 bits per heavy atom. The second kappa shape index (κ2) is 12.0. The van der Waals surface area contributed by atoms with Crippen LogP contribution in [0.25, 0.3) is 0 Å². The number of ether oxygens (including phenoxy) is 1. The standard InChI is InChI=1S/C28H23Cl2FN2O4S/c1-19-10-13-22(14-11-19)38(35,36)33(17-23-24(30)8-5-9-25(23)31)18-28(34)32-26-16-20(29)12-15-27(26)37-21-6-3-2-4-7-21/h2-16H,17-18H2,1H3,(H,32,34). The monoisotopic (exact) mass is 572 g/mol. The van der Waals surface area contributed by atoms with E-state index in [-0.39, 0.29) is 21.2 Å². The zero-order valence-electron chi connectivity index (χ0n) is 20.2. The first-order valence-electron chi connectivity index (χ1n) is 11.5. The van der Waals surface area contributed by atoms with Crippen molar-refractivity contribution in [2.45, 2.75) is 18.4 Å². The summed E-state index contributed by atoms with van der Waals surface area (Å²) in [5.41, 5.74) is 1.05. The first-order chi connectivity index (χ1) is 18.1. The maximum Gasteiger partial charge on any atom is 0.243 e. The molecule has 4 aromatic carbocycles. The summed E-state index contributed by atoms with van der Waals surface area (Å²) in [4.78, 5) is 13.1. The normalized spacial score (nSPS) is 11.4. The highest BCUT2D eigenvalue weighted by molar-refractivity contribution is 7.89. The van der Waals surface area contributed by atoms with Crippen LogP contribution in [0.3, 0.4) is 0 Å². The van der Waals surface area contributed by atoms with E-state index in [1.807, 2.05) is 13.0 Å². The van der Waals surface area contributed by atoms with Crippen molar-refractivity contribution in [3.63, 3.8) is 0 Å². The van der Waals surface area contributed by atoms with Gasteiger partial charge in [-0.1, -0.05) is 65.2 Å². The van der Waals surface area contributed by atoms with E-state index in [2.05, 4.69) is 5.32 Å². The van der Waals surface area contributed by atoms with Crippen LogP contribution < -0.4 is 10.1 Å². The number of aryl methyl sites for hydroxylation is 1. The van der Waals surface area contributed by atoms with Crippen molar-refractivity contribution in [3.05, 3.63) is 118 Å². The Bertz CT molecular complexity index is 1530. The molecule has 0 bridgehead atoms. The predicted octanol–water partition coefficient (Wildman–Crippen LogP) is 7.06. The molecular formula is C28H23Cl2FN2O4S. The fourth-order valence-electron chi connectivity index (χ4n) is 3.60. The largest absolute Gasteiger partial charge is 0.455 e. The highest BCUT2D eigenvalue weighted by Gasteiger charge is 2.29. The Balaban J connectivity index is 1.64. The molecule has 0 unspecified atom stereocenters. The number of carbonyl (C=O) groups is 1. The summed E-state index contributed by atoms with van der Waals surface area (Å²) in [6, 6.07) is 23.8. The number of carbonyl (C=O) groups excluding carboxylic acids is 1. The molecule has 1 N–H and O–H groups in total. The van der Waals surface area contributed by atoms with Crippen molar-refractivity contribution in [2.75, 3.05) is 11.9 Å². The minimum atomic E-state index is -4.21. The maximum atomic E-state index is 14.6. The molecule has 38 heavy (non-hydrogen) atoms. The van der Waals surface area contributed by atoms with Crippen molar-refractivity contribution >= 4 is 44.8 Å². The molecule has 0 radical (unpaired) electrons. The summed E-state index contributed by atoms with van der Waals surface area (Å²) in [5, 5.41) is 3.05. The number of nitrogens with one attached hydrogen (secondary N) is 1. The number of amides is 1. The van der Waals surface area contributed by atoms with E-state index < -0.39 is 34.8 Å². The van der Waals surface area contributed by atoms with Gasteiger partial charge < -0.3 is 10.1 Å². The molecule has 10 heteroatoms. The molecule has 1 amide bonds. The van der Waals surface area contributed by atoms with E-state index in [0.29, 0.717) is 16.5 Å². The van der Waals surface area contributed by atoms with Gasteiger partial charge in [0.05, 0.1) is 17.1 Å². The molecule has 0 fully saturated rings. The van der Waals surface area contributed by atoms with Gasteiger partial charge in [0.2, 0.25) is 15.9 Å². The van der Waals surface area contributed by atoms with Gasteiger partial charge in [-0.05, 0) is 61.5 Å². The molecule has 0 heterocycles. The number of hydrogen-bond donors (Lipinski definition) is 1. The van der Waals surface area contributed by atoms with Gasteiger partial charge in [-0.25, -0.2) is 12.8 Å². The Morgan fingerprint density at radius 2 is 1.66 bits per heavy atom. The van der Waals surface area contributed by atoms with Gasteiger partial charge in [-0.3, -0.25) is 4.79 Å². The van der Waals surface area contributed by atoms with Crippen molar-refractivity contribution in [3.8, 4) is 11.5 Å². The van der Waals surface area contributed by atoms with Crippen LogP contribution in [0.4, 0.5) is 10.1 Å². The van der Waals surface area contributed by atoms with Crippen molar-refractivity contribution in [1.29, 1.82) is 0 Å². The second-order valence-electron chi connectivity index (χ2n) is 8.39. The third-order valence-electron chi connectivity index (χ3n) is 5.56. The molecule has 196 valence electrons. The molecule has 0 aliphatic heterocycles. The lowest BCUT2D eigenvalue weighted by atomic mass is 10.2. The topological polar surface area (TPSA) is 75.7 Å². The van der Waals surface area contributed by atoms with Crippen LogP contribution in [0.2, 0.25) is 10.0 Å². The number of sulfonamides is 1. The first kappa shape index (κ1) is 27.6. The number of rotatable bonds is 9. The fraction of sp³-hybridized carbons (Fsp3) is 0.107. The van der Waals surface area contributed by atoms with Crippen molar-refractivity contribution in [2.24, 2.45) is 0 Å². The highest BCUT2D eigenvalue weighted by Crippen LogP contribution is 2.32. The molecule has 0 spiro atoms. The van der Waals surface area contributed by atoms with Crippen LogP contribution in [0.1, 0.15) is 11.1 Å². The molecule has 0 aliphatic carbocycles. The average Bonchev–Trinajstić information content (AvgIpc) is 2.88. The maximum absolute atomic E-state index is 14.6. The number of benzene rings is 4. The van der Waals surface area contributed by atoms with Gasteiger partial charge in [0.1, 0.15) is 11.6 Å². The van der Waals surface area contributed by atoms with Crippen molar-refractivity contribution in [1.82, 2.24) is 4.31 Å². The summed E-state index contributed by atoms with van der Waals surface area (Å²) in [6.07, 6.45) is 0. The second-order valence-corrected chi connectivity index (χ2v) is 11.2. The van der Waals surface area contributed by atoms with Crippen molar-refractivity contribution < 1.29 is 22.3 Å². The molecular weight excluding hydrogens is 550 g/mol. The molecule has 0 saturated carbocycles. The summed E-state index contributed by atoms with van der Waals surface area (Å²) in [5.74, 6) is -0.536. The lowest BCUT2D eigenvalue weighted by Crippen LogP contribution is -2.38.